The van der Waals surface area contributed by atoms with Crippen molar-refractivity contribution in [3.05, 3.63) is 126 Å². The molecule has 38 heavy (non-hydrogen) atoms. The van der Waals surface area contributed by atoms with E-state index in [9.17, 15) is 23.6 Å². The van der Waals surface area contributed by atoms with Crippen LogP contribution < -0.4 is 25.8 Å². The Balaban J connectivity index is 1.85. The first kappa shape index (κ1) is 24.8. The van der Waals surface area contributed by atoms with Gasteiger partial charge in [-0.05, 0) is 30.3 Å². The van der Waals surface area contributed by atoms with Crippen LogP contribution in [0.25, 0.3) is 17.5 Å². The van der Waals surface area contributed by atoms with Crippen LogP contribution in [0.2, 0.25) is 0 Å². The number of para-hydroxylation sites is 1. The molecule has 10 heteroatoms. The lowest BCUT2D eigenvalue weighted by Gasteiger charge is -2.25. The van der Waals surface area contributed by atoms with Gasteiger partial charge in [-0.1, -0.05) is 48.5 Å². The highest BCUT2D eigenvalue weighted by Crippen LogP contribution is 2.37. The van der Waals surface area contributed by atoms with Crippen molar-refractivity contribution < 1.29 is 18.0 Å². The average molecular weight is 531 g/mol. The van der Waals surface area contributed by atoms with Crippen LogP contribution in [0.1, 0.15) is 17.0 Å². The topological polar surface area (TPSA) is 101 Å². The van der Waals surface area contributed by atoms with Gasteiger partial charge in [-0.3, -0.25) is 14.2 Å². The SMILES string of the molecule is N#CC1=C(N)n2c(s/c(=C\c3ccccc3F)c2=O)=C(C(=O)Nc2ccccc2F)C1c1ccccc1F. The predicted molar refractivity (Wildman–Crippen MR) is 138 cm³/mol. The zero-order chi connectivity index (χ0) is 27.0. The molecule has 1 atom stereocenters. The van der Waals surface area contributed by atoms with E-state index in [2.05, 4.69) is 5.32 Å². The molecule has 3 aromatic carbocycles. The van der Waals surface area contributed by atoms with Crippen molar-refractivity contribution in [1.82, 2.24) is 4.57 Å². The number of nitrogens with one attached hydrogen (secondary N) is 1. The number of carbonyl (C=O) groups excluding carboxylic acids is 1. The van der Waals surface area contributed by atoms with E-state index in [4.69, 9.17) is 5.73 Å². The second-order valence-corrected chi connectivity index (χ2v) is 9.32. The molecule has 188 valence electrons. The van der Waals surface area contributed by atoms with Gasteiger partial charge in [-0.15, -0.1) is 11.3 Å². The Kier molecular flexibility index (Phi) is 6.45. The van der Waals surface area contributed by atoms with Gasteiger partial charge in [0, 0.05) is 11.1 Å². The van der Waals surface area contributed by atoms with Crippen LogP contribution in [0, 0.1) is 28.8 Å². The molecule has 1 unspecified atom stereocenters. The summed E-state index contributed by atoms with van der Waals surface area (Å²) in [6.07, 6.45) is 1.30. The van der Waals surface area contributed by atoms with Gasteiger partial charge in [0.25, 0.3) is 11.5 Å². The number of benzene rings is 3. The number of nitriles is 1. The minimum absolute atomic E-state index is 0.0104. The Morgan fingerprint density at radius 1 is 0.974 bits per heavy atom. The molecule has 1 aliphatic heterocycles. The maximum Gasteiger partial charge on any atom is 0.274 e. The monoisotopic (exact) mass is 530 g/mol. The number of aromatic nitrogens is 1. The second-order valence-electron chi connectivity index (χ2n) is 8.29. The largest absolute Gasteiger partial charge is 0.384 e. The fourth-order valence-electron chi connectivity index (χ4n) is 4.27. The number of nitrogens with zero attached hydrogens (tertiary/aromatic N) is 2. The maximum atomic E-state index is 15.0. The van der Waals surface area contributed by atoms with Gasteiger partial charge in [-0.2, -0.15) is 5.26 Å². The Bertz CT molecular complexity index is 1870. The first-order valence-electron chi connectivity index (χ1n) is 11.2. The van der Waals surface area contributed by atoms with Crippen LogP contribution in [0.5, 0.6) is 0 Å². The number of hydrogen-bond acceptors (Lipinski definition) is 5. The number of hydrogen-bond donors (Lipinski definition) is 2. The van der Waals surface area contributed by atoms with Gasteiger partial charge < -0.3 is 11.1 Å². The normalized spacial score (nSPS) is 15.3. The second kappa shape index (κ2) is 9.88. The minimum Gasteiger partial charge on any atom is -0.384 e. The van der Waals surface area contributed by atoms with Crippen LogP contribution in [0.3, 0.4) is 0 Å². The van der Waals surface area contributed by atoms with Crippen molar-refractivity contribution in [3.63, 3.8) is 0 Å². The third-order valence-corrected chi connectivity index (χ3v) is 7.15. The van der Waals surface area contributed by atoms with Gasteiger partial charge in [0.15, 0.2) is 0 Å². The van der Waals surface area contributed by atoms with E-state index in [1.54, 1.807) is 6.07 Å². The molecule has 1 amide bonds. The average Bonchev–Trinajstić information content (AvgIpc) is 3.22. The molecule has 0 bridgehead atoms. The molecule has 0 spiro atoms. The lowest BCUT2D eigenvalue weighted by Crippen LogP contribution is -2.41. The summed E-state index contributed by atoms with van der Waals surface area (Å²) in [6.45, 7) is 0. The van der Waals surface area contributed by atoms with Crippen molar-refractivity contribution >= 4 is 40.4 Å². The molecule has 0 fully saturated rings. The quantitative estimate of drug-likeness (QED) is 0.423. The van der Waals surface area contributed by atoms with E-state index in [-0.39, 0.29) is 43.0 Å². The summed E-state index contributed by atoms with van der Waals surface area (Å²) < 4.78 is 44.8. The van der Waals surface area contributed by atoms with E-state index >= 15 is 4.39 Å². The van der Waals surface area contributed by atoms with Gasteiger partial charge in [-0.25, -0.2) is 13.2 Å². The van der Waals surface area contributed by atoms with Crippen LogP contribution in [0.4, 0.5) is 18.9 Å². The summed E-state index contributed by atoms with van der Waals surface area (Å²) in [7, 11) is 0. The first-order valence-corrected chi connectivity index (χ1v) is 12.1. The minimum atomic E-state index is -1.30. The van der Waals surface area contributed by atoms with E-state index in [1.165, 1.54) is 66.7 Å². The highest BCUT2D eigenvalue weighted by molar-refractivity contribution is 7.07. The third-order valence-electron chi connectivity index (χ3n) is 6.04. The van der Waals surface area contributed by atoms with Crippen molar-refractivity contribution in [1.29, 1.82) is 5.26 Å². The Hall–Kier alpha value is -4.88. The Morgan fingerprint density at radius 3 is 2.26 bits per heavy atom. The van der Waals surface area contributed by atoms with Gasteiger partial charge in [0.05, 0.1) is 33.4 Å². The van der Waals surface area contributed by atoms with E-state index in [0.717, 1.165) is 22.0 Å². The standard InChI is InChI=1S/C28H17F3N4O2S/c29-18-9-3-1-7-15(18)13-22-27(37)35-25(33)17(14-32)23(16-8-2-4-10-19(16)30)24(28(35)38-22)26(36)34-21-12-6-5-11-20(21)31/h1-13,23H,33H2,(H,34,36)/b22-13-. The zero-order valence-corrected chi connectivity index (χ0v) is 20.2. The molecule has 4 aromatic rings. The van der Waals surface area contributed by atoms with Gasteiger partial charge in [0.1, 0.15) is 27.9 Å². The fourth-order valence-corrected chi connectivity index (χ4v) is 5.44. The number of carbonyl (C=O) groups is 1. The summed E-state index contributed by atoms with van der Waals surface area (Å²) in [5.41, 5.74) is 5.09. The Labute approximate surface area is 217 Å². The molecule has 2 heterocycles. The molecule has 5 rings (SSSR count). The number of thiazole rings is 1. The third kappa shape index (κ3) is 4.19. The van der Waals surface area contributed by atoms with E-state index in [0.29, 0.717) is 0 Å². The number of halogens is 3. The molecular formula is C28H17F3N4O2S. The molecular weight excluding hydrogens is 513 g/mol. The summed E-state index contributed by atoms with van der Waals surface area (Å²) >= 11 is 0.828. The smallest absolute Gasteiger partial charge is 0.274 e. The van der Waals surface area contributed by atoms with Gasteiger partial charge in [0.2, 0.25) is 0 Å². The van der Waals surface area contributed by atoms with Gasteiger partial charge >= 0.3 is 0 Å². The molecule has 0 saturated heterocycles. The Morgan fingerprint density at radius 2 is 1.61 bits per heavy atom. The van der Waals surface area contributed by atoms with Crippen LogP contribution in [0.15, 0.2) is 83.2 Å². The molecule has 0 saturated carbocycles. The highest BCUT2D eigenvalue weighted by atomic mass is 32.1. The number of nitrogens with two attached hydrogens (primary N) is 1. The molecule has 1 aromatic heterocycles. The maximum absolute atomic E-state index is 15.0. The van der Waals surface area contributed by atoms with Crippen LogP contribution in [-0.4, -0.2) is 10.5 Å². The lowest BCUT2D eigenvalue weighted by molar-refractivity contribution is -0.111. The van der Waals surface area contributed by atoms with Crippen molar-refractivity contribution in [2.24, 2.45) is 5.73 Å². The molecule has 6 nitrogen and oxygen atoms in total. The molecule has 0 aliphatic carbocycles. The fraction of sp³-hybridized carbons (Fsp3) is 0.0357. The first-order chi connectivity index (χ1) is 18.3. The van der Waals surface area contributed by atoms with Crippen LogP contribution >= 0.6 is 11.3 Å². The zero-order valence-electron chi connectivity index (χ0n) is 19.4. The lowest BCUT2D eigenvalue weighted by atomic mass is 9.83. The number of rotatable bonds is 4. The summed E-state index contributed by atoms with van der Waals surface area (Å²) in [6, 6.07) is 18.7. The van der Waals surface area contributed by atoms with Crippen molar-refractivity contribution in [2.45, 2.75) is 5.92 Å². The number of fused-ring (bicyclic) bond motifs is 1. The number of anilines is 1. The predicted octanol–water partition coefficient (Wildman–Crippen LogP) is 3.39. The number of allylic oxidation sites excluding steroid dienone is 1. The van der Waals surface area contributed by atoms with E-state index < -0.39 is 34.8 Å². The molecule has 3 N–H and O–H groups in total. The van der Waals surface area contributed by atoms with Crippen LogP contribution in [-0.2, 0) is 4.79 Å². The van der Waals surface area contributed by atoms with Crippen molar-refractivity contribution in [2.75, 3.05) is 5.32 Å². The molecule has 0 radical (unpaired) electrons. The molecule has 1 aliphatic rings. The summed E-state index contributed by atoms with van der Waals surface area (Å²) in [5.74, 6) is -4.45. The summed E-state index contributed by atoms with van der Waals surface area (Å²) in [4.78, 5) is 27.1. The summed E-state index contributed by atoms with van der Waals surface area (Å²) in [5, 5.41) is 12.5. The highest BCUT2D eigenvalue weighted by Gasteiger charge is 2.37. The van der Waals surface area contributed by atoms with E-state index in [1.807, 2.05) is 6.07 Å². The number of amides is 1. The van der Waals surface area contributed by atoms with Crippen molar-refractivity contribution in [3.8, 4) is 6.07 Å².